The SMILES string of the molecule is C=CCN1C[C@H](C(=O)N(CCCN(C)CC(=O)OCC)C(=O)NCC)C[C@@H]2c3cccc4[nH]cc(c34)C[C@H]21. The lowest BCUT2D eigenvalue weighted by Crippen LogP contribution is -2.55. The zero-order valence-corrected chi connectivity index (χ0v) is 22.9. The van der Waals surface area contributed by atoms with Crippen molar-refractivity contribution in [1.82, 2.24) is 25.0 Å². The van der Waals surface area contributed by atoms with Crippen molar-refractivity contribution in [3.8, 4) is 0 Å². The van der Waals surface area contributed by atoms with E-state index >= 15 is 0 Å². The molecule has 4 rings (SSSR count). The summed E-state index contributed by atoms with van der Waals surface area (Å²) in [7, 11) is 1.84. The summed E-state index contributed by atoms with van der Waals surface area (Å²) in [6, 6.07) is 6.31. The third kappa shape index (κ3) is 5.94. The van der Waals surface area contributed by atoms with Crippen LogP contribution in [0, 0.1) is 5.92 Å². The average Bonchev–Trinajstić information content (AvgIpc) is 3.31. The maximum absolute atomic E-state index is 13.9. The van der Waals surface area contributed by atoms with E-state index < -0.39 is 0 Å². The Morgan fingerprint density at radius 1 is 1.26 bits per heavy atom. The number of aromatic amines is 1. The highest BCUT2D eigenvalue weighted by Gasteiger charge is 2.43. The van der Waals surface area contributed by atoms with Gasteiger partial charge in [-0.1, -0.05) is 18.2 Å². The molecule has 38 heavy (non-hydrogen) atoms. The van der Waals surface area contributed by atoms with Gasteiger partial charge in [-0.2, -0.15) is 0 Å². The molecule has 0 bridgehead atoms. The van der Waals surface area contributed by atoms with Crippen LogP contribution in [-0.4, -0.2) is 96.6 Å². The fourth-order valence-electron chi connectivity index (χ4n) is 6.14. The fourth-order valence-corrected chi connectivity index (χ4v) is 6.14. The maximum Gasteiger partial charge on any atom is 0.324 e. The number of likely N-dealkylation sites (N-methyl/N-ethyl adjacent to an activating group) is 1. The minimum absolute atomic E-state index is 0.136. The summed E-state index contributed by atoms with van der Waals surface area (Å²) in [6.07, 6.45) is 6.23. The number of aromatic nitrogens is 1. The minimum Gasteiger partial charge on any atom is -0.465 e. The zero-order chi connectivity index (χ0) is 27.2. The molecule has 1 fully saturated rings. The van der Waals surface area contributed by atoms with Crippen molar-refractivity contribution >= 4 is 28.8 Å². The quantitative estimate of drug-likeness (QED) is 0.347. The lowest BCUT2D eigenvalue weighted by atomic mass is 9.72. The van der Waals surface area contributed by atoms with Gasteiger partial charge in [0, 0.05) is 61.8 Å². The molecule has 2 aromatic rings. The molecule has 2 heterocycles. The van der Waals surface area contributed by atoms with Gasteiger partial charge >= 0.3 is 12.0 Å². The predicted molar refractivity (Wildman–Crippen MR) is 148 cm³/mol. The number of piperidine rings is 1. The Morgan fingerprint density at radius 3 is 2.82 bits per heavy atom. The van der Waals surface area contributed by atoms with Crippen molar-refractivity contribution in [2.24, 2.45) is 5.92 Å². The number of H-pyrrole nitrogens is 1. The van der Waals surface area contributed by atoms with Gasteiger partial charge in [0.25, 0.3) is 0 Å². The number of hydrogen-bond acceptors (Lipinski definition) is 6. The molecule has 9 heteroatoms. The van der Waals surface area contributed by atoms with Gasteiger partial charge in [-0.3, -0.25) is 24.3 Å². The van der Waals surface area contributed by atoms with Crippen molar-refractivity contribution in [1.29, 1.82) is 0 Å². The number of amides is 3. The number of carbonyl (C=O) groups is 3. The number of likely N-dealkylation sites (tertiary alicyclic amines) is 1. The monoisotopic (exact) mass is 523 g/mol. The predicted octanol–water partition coefficient (Wildman–Crippen LogP) is 3.13. The van der Waals surface area contributed by atoms with Crippen molar-refractivity contribution in [2.75, 3.05) is 52.9 Å². The Hall–Kier alpha value is -3.17. The number of esters is 1. The van der Waals surface area contributed by atoms with Crippen LogP contribution in [0.3, 0.4) is 0 Å². The van der Waals surface area contributed by atoms with E-state index in [-0.39, 0.29) is 36.3 Å². The topological polar surface area (TPSA) is 98.0 Å². The molecule has 9 nitrogen and oxygen atoms in total. The molecule has 1 aliphatic carbocycles. The van der Waals surface area contributed by atoms with E-state index in [1.165, 1.54) is 21.4 Å². The summed E-state index contributed by atoms with van der Waals surface area (Å²) in [5, 5.41) is 4.10. The first kappa shape index (κ1) is 27.9. The summed E-state index contributed by atoms with van der Waals surface area (Å²) in [6.45, 7) is 10.7. The van der Waals surface area contributed by atoms with Crippen LogP contribution < -0.4 is 5.32 Å². The number of carbonyl (C=O) groups excluding carboxylic acids is 3. The lowest BCUT2D eigenvalue weighted by molar-refractivity contribution is -0.144. The number of urea groups is 1. The molecule has 2 N–H and O–H groups in total. The van der Waals surface area contributed by atoms with Crippen molar-refractivity contribution in [2.45, 2.75) is 45.1 Å². The second-order valence-electron chi connectivity index (χ2n) is 10.4. The molecule has 0 spiro atoms. The largest absolute Gasteiger partial charge is 0.465 e. The first-order chi connectivity index (χ1) is 18.4. The van der Waals surface area contributed by atoms with E-state index in [1.54, 1.807) is 6.92 Å². The van der Waals surface area contributed by atoms with Crippen molar-refractivity contribution < 1.29 is 19.1 Å². The summed E-state index contributed by atoms with van der Waals surface area (Å²) in [4.78, 5) is 47.7. The zero-order valence-electron chi connectivity index (χ0n) is 22.9. The van der Waals surface area contributed by atoms with Crippen molar-refractivity contribution in [3.05, 3.63) is 48.2 Å². The van der Waals surface area contributed by atoms with Crippen LogP contribution in [0.15, 0.2) is 37.1 Å². The van der Waals surface area contributed by atoms with E-state index in [4.69, 9.17) is 4.74 Å². The Balaban J connectivity index is 1.51. The molecule has 3 amide bonds. The molecule has 1 aromatic heterocycles. The van der Waals surface area contributed by atoms with Crippen LogP contribution in [0.25, 0.3) is 10.9 Å². The number of ether oxygens (including phenoxy) is 1. The number of imide groups is 1. The number of rotatable bonds is 11. The molecule has 0 saturated carbocycles. The van der Waals surface area contributed by atoms with E-state index in [0.717, 1.165) is 11.9 Å². The minimum atomic E-state index is -0.360. The molecule has 0 unspecified atom stereocenters. The number of fused-ring (bicyclic) bond motifs is 2. The Bertz CT molecular complexity index is 1160. The highest BCUT2D eigenvalue weighted by molar-refractivity contribution is 5.96. The second kappa shape index (κ2) is 12.6. The smallest absolute Gasteiger partial charge is 0.324 e. The number of benzene rings is 1. The first-order valence-corrected chi connectivity index (χ1v) is 13.7. The molecular weight excluding hydrogens is 482 g/mol. The Labute approximate surface area is 225 Å². The van der Waals surface area contributed by atoms with Crippen LogP contribution in [0.2, 0.25) is 0 Å². The van der Waals surface area contributed by atoms with Gasteiger partial charge in [0.2, 0.25) is 5.91 Å². The highest BCUT2D eigenvalue weighted by atomic mass is 16.5. The molecule has 1 aromatic carbocycles. The summed E-state index contributed by atoms with van der Waals surface area (Å²) in [5.41, 5.74) is 3.74. The molecule has 0 radical (unpaired) electrons. The lowest BCUT2D eigenvalue weighted by Gasteiger charge is -2.47. The molecule has 206 valence electrons. The van der Waals surface area contributed by atoms with Gasteiger partial charge in [0.1, 0.15) is 0 Å². The van der Waals surface area contributed by atoms with Gasteiger partial charge in [0.05, 0.1) is 19.1 Å². The van der Waals surface area contributed by atoms with E-state index in [2.05, 4.69) is 46.2 Å². The van der Waals surface area contributed by atoms with Gasteiger partial charge in [-0.25, -0.2) is 4.79 Å². The average molecular weight is 524 g/mol. The van der Waals surface area contributed by atoms with Gasteiger partial charge in [-0.15, -0.1) is 6.58 Å². The van der Waals surface area contributed by atoms with Crippen LogP contribution in [0.5, 0.6) is 0 Å². The number of nitrogens with zero attached hydrogens (tertiary/aromatic N) is 3. The van der Waals surface area contributed by atoms with E-state index in [9.17, 15) is 14.4 Å². The molecule has 2 aliphatic rings. The normalized spacial score (nSPS) is 20.7. The standard InChI is InChI=1S/C29H41N5O4/c1-5-12-33-18-21(15-23-22-10-8-11-24-27(22)20(17-31-24)16-25(23)33)28(36)34(29(37)30-6-2)14-9-13-32(4)19-26(35)38-7-3/h5,8,10-11,17,21,23,25,31H,1,6-7,9,12-16,18-19H2,2-4H3,(H,30,37)/t21-,23-,25-/m1/s1. The van der Waals surface area contributed by atoms with Gasteiger partial charge < -0.3 is 15.0 Å². The summed E-state index contributed by atoms with van der Waals surface area (Å²) < 4.78 is 5.02. The number of nitrogens with one attached hydrogen (secondary N) is 2. The van der Waals surface area contributed by atoms with Crippen LogP contribution in [0.1, 0.15) is 43.7 Å². The third-order valence-electron chi connectivity index (χ3n) is 7.75. The highest BCUT2D eigenvalue weighted by Crippen LogP contribution is 2.45. The van der Waals surface area contributed by atoms with E-state index in [1.807, 2.05) is 24.9 Å². The third-order valence-corrected chi connectivity index (χ3v) is 7.75. The Kier molecular flexibility index (Phi) is 9.22. The molecule has 1 aliphatic heterocycles. The van der Waals surface area contributed by atoms with Crippen LogP contribution in [0.4, 0.5) is 4.79 Å². The van der Waals surface area contributed by atoms with Crippen molar-refractivity contribution in [3.63, 3.8) is 0 Å². The van der Waals surface area contributed by atoms with Gasteiger partial charge in [0.15, 0.2) is 0 Å². The fraction of sp³-hybridized carbons (Fsp3) is 0.552. The van der Waals surface area contributed by atoms with Crippen LogP contribution in [-0.2, 0) is 20.7 Å². The first-order valence-electron chi connectivity index (χ1n) is 13.7. The van der Waals surface area contributed by atoms with Gasteiger partial charge in [-0.05, 0) is 57.4 Å². The number of hydrogen-bond donors (Lipinski definition) is 2. The summed E-state index contributed by atoms with van der Waals surface area (Å²) in [5.74, 6) is -0.509. The maximum atomic E-state index is 13.9. The molecular formula is C29H41N5O4. The molecule has 1 saturated heterocycles. The Morgan fingerprint density at radius 2 is 2.08 bits per heavy atom. The molecule has 3 atom stereocenters. The van der Waals surface area contributed by atoms with E-state index in [0.29, 0.717) is 58.2 Å². The second-order valence-corrected chi connectivity index (χ2v) is 10.4. The van der Waals surface area contributed by atoms with Crippen LogP contribution >= 0.6 is 0 Å². The summed E-state index contributed by atoms with van der Waals surface area (Å²) >= 11 is 0.